The van der Waals surface area contributed by atoms with Crippen LogP contribution in [0.15, 0.2) is 73.6 Å². The third kappa shape index (κ3) is 3.80. The standard InChI is InChI=1S/C24H24N2/c1-4-20-9-6-8-18(3)23(20)24(25)22(16-19-11-13-26-14-12-19)21-10-5-7-17(2)15-21/h4-15,22,25H,1,16H2,2-3H3. The third-order valence-corrected chi connectivity index (χ3v) is 4.78. The maximum atomic E-state index is 9.07. The summed E-state index contributed by atoms with van der Waals surface area (Å²) in [6.07, 6.45) is 6.25. The molecule has 1 N–H and O–H groups in total. The van der Waals surface area contributed by atoms with Gasteiger partial charge in [0.05, 0.1) is 0 Å². The molecule has 3 aromatic rings. The summed E-state index contributed by atoms with van der Waals surface area (Å²) in [5.74, 6) is -0.0166. The number of hydrogen-bond donors (Lipinski definition) is 1. The summed E-state index contributed by atoms with van der Waals surface area (Å²) in [4.78, 5) is 4.12. The maximum Gasteiger partial charge on any atom is 0.0472 e. The van der Waals surface area contributed by atoms with E-state index in [-0.39, 0.29) is 5.92 Å². The molecule has 0 saturated carbocycles. The number of aryl methyl sites for hydroxylation is 2. The average molecular weight is 340 g/mol. The van der Waals surface area contributed by atoms with Crippen LogP contribution in [0.5, 0.6) is 0 Å². The van der Waals surface area contributed by atoms with E-state index >= 15 is 0 Å². The molecular weight excluding hydrogens is 316 g/mol. The molecule has 130 valence electrons. The molecule has 0 aliphatic heterocycles. The van der Waals surface area contributed by atoms with Gasteiger partial charge in [0, 0.05) is 29.6 Å². The number of hydrogen-bond acceptors (Lipinski definition) is 2. The highest BCUT2D eigenvalue weighted by molar-refractivity contribution is 6.06. The summed E-state index contributed by atoms with van der Waals surface area (Å²) in [5, 5.41) is 9.07. The normalized spacial score (nSPS) is 11.8. The molecule has 0 bridgehead atoms. The van der Waals surface area contributed by atoms with E-state index in [0.29, 0.717) is 5.71 Å². The van der Waals surface area contributed by atoms with E-state index in [9.17, 15) is 0 Å². The Hall–Kier alpha value is -3.00. The van der Waals surface area contributed by atoms with Gasteiger partial charge in [-0.3, -0.25) is 4.98 Å². The number of pyridine rings is 1. The molecule has 1 aromatic heterocycles. The van der Waals surface area contributed by atoms with Gasteiger partial charge in [-0.05, 0) is 54.7 Å². The van der Waals surface area contributed by atoms with Gasteiger partial charge < -0.3 is 5.41 Å². The molecule has 1 unspecified atom stereocenters. The van der Waals surface area contributed by atoms with Gasteiger partial charge in [-0.2, -0.15) is 0 Å². The SMILES string of the molecule is C=Cc1cccc(C)c1C(=N)C(Cc1ccncc1)c1cccc(C)c1. The van der Waals surface area contributed by atoms with Crippen molar-refractivity contribution >= 4 is 11.8 Å². The lowest BCUT2D eigenvalue weighted by atomic mass is 9.82. The van der Waals surface area contributed by atoms with Gasteiger partial charge in [0.1, 0.15) is 0 Å². The van der Waals surface area contributed by atoms with E-state index < -0.39 is 0 Å². The van der Waals surface area contributed by atoms with E-state index in [1.165, 1.54) is 16.7 Å². The molecule has 1 atom stereocenters. The fourth-order valence-electron chi connectivity index (χ4n) is 3.43. The highest BCUT2D eigenvalue weighted by Crippen LogP contribution is 2.29. The second-order valence-corrected chi connectivity index (χ2v) is 6.68. The second kappa shape index (κ2) is 7.92. The van der Waals surface area contributed by atoms with Crippen molar-refractivity contribution in [3.05, 3.63) is 107 Å². The van der Waals surface area contributed by atoms with Crippen LogP contribution in [-0.4, -0.2) is 10.7 Å². The van der Waals surface area contributed by atoms with E-state index in [1.54, 1.807) is 0 Å². The molecule has 0 saturated heterocycles. The summed E-state index contributed by atoms with van der Waals surface area (Å²) in [6, 6.07) is 18.7. The highest BCUT2D eigenvalue weighted by Gasteiger charge is 2.22. The van der Waals surface area contributed by atoms with Gasteiger partial charge >= 0.3 is 0 Å². The smallest absolute Gasteiger partial charge is 0.0472 e. The topological polar surface area (TPSA) is 36.7 Å². The monoisotopic (exact) mass is 340 g/mol. The molecule has 0 aliphatic carbocycles. The van der Waals surface area contributed by atoms with Crippen molar-refractivity contribution in [3.63, 3.8) is 0 Å². The van der Waals surface area contributed by atoms with Crippen molar-refractivity contribution in [1.82, 2.24) is 4.98 Å². The van der Waals surface area contributed by atoms with Crippen molar-refractivity contribution in [3.8, 4) is 0 Å². The summed E-state index contributed by atoms with van der Waals surface area (Å²) in [7, 11) is 0. The first kappa shape index (κ1) is 17.8. The minimum atomic E-state index is -0.0166. The minimum absolute atomic E-state index is 0.0166. The number of benzene rings is 2. The van der Waals surface area contributed by atoms with E-state index in [2.05, 4.69) is 55.7 Å². The molecule has 2 heteroatoms. The number of nitrogens with one attached hydrogen (secondary N) is 1. The van der Waals surface area contributed by atoms with Crippen LogP contribution < -0.4 is 0 Å². The van der Waals surface area contributed by atoms with Crippen molar-refractivity contribution < 1.29 is 0 Å². The van der Waals surface area contributed by atoms with Crippen LogP contribution in [0, 0.1) is 19.3 Å². The first-order chi connectivity index (χ1) is 12.6. The van der Waals surface area contributed by atoms with Gasteiger partial charge in [-0.1, -0.05) is 60.7 Å². The number of aromatic nitrogens is 1. The van der Waals surface area contributed by atoms with Crippen LogP contribution >= 0.6 is 0 Å². The predicted octanol–water partition coefficient (Wildman–Crippen LogP) is 5.74. The molecule has 0 radical (unpaired) electrons. The Balaban J connectivity index is 2.08. The van der Waals surface area contributed by atoms with Crippen LogP contribution in [0.4, 0.5) is 0 Å². The van der Waals surface area contributed by atoms with Crippen molar-refractivity contribution in [2.45, 2.75) is 26.2 Å². The number of nitrogens with zero attached hydrogens (tertiary/aromatic N) is 1. The summed E-state index contributed by atoms with van der Waals surface area (Å²) in [5.41, 5.74) is 7.32. The van der Waals surface area contributed by atoms with Crippen LogP contribution in [0.3, 0.4) is 0 Å². The summed E-state index contributed by atoms with van der Waals surface area (Å²) >= 11 is 0. The largest absolute Gasteiger partial charge is 0.304 e. The van der Waals surface area contributed by atoms with Gasteiger partial charge in [0.15, 0.2) is 0 Å². The van der Waals surface area contributed by atoms with Crippen molar-refractivity contribution in [1.29, 1.82) is 5.41 Å². The lowest BCUT2D eigenvalue weighted by Gasteiger charge is -2.22. The summed E-state index contributed by atoms with van der Waals surface area (Å²) < 4.78 is 0. The third-order valence-electron chi connectivity index (χ3n) is 4.78. The first-order valence-corrected chi connectivity index (χ1v) is 8.86. The van der Waals surface area contributed by atoms with E-state index in [4.69, 9.17) is 5.41 Å². The predicted molar refractivity (Wildman–Crippen MR) is 110 cm³/mol. The van der Waals surface area contributed by atoms with E-state index in [0.717, 1.165) is 23.1 Å². The molecule has 2 aromatic carbocycles. The zero-order chi connectivity index (χ0) is 18.5. The molecule has 0 spiro atoms. The Morgan fingerprint density at radius 3 is 2.50 bits per heavy atom. The molecular formula is C24H24N2. The Labute approximate surface area is 155 Å². The first-order valence-electron chi connectivity index (χ1n) is 8.86. The second-order valence-electron chi connectivity index (χ2n) is 6.68. The quantitative estimate of drug-likeness (QED) is 0.571. The van der Waals surface area contributed by atoms with Gasteiger partial charge in [0.25, 0.3) is 0 Å². The zero-order valence-corrected chi connectivity index (χ0v) is 15.4. The molecule has 2 nitrogen and oxygen atoms in total. The molecule has 3 rings (SSSR count). The number of rotatable bonds is 6. The van der Waals surface area contributed by atoms with Crippen LogP contribution in [0.2, 0.25) is 0 Å². The Morgan fingerprint density at radius 2 is 1.81 bits per heavy atom. The zero-order valence-electron chi connectivity index (χ0n) is 15.4. The van der Waals surface area contributed by atoms with Crippen LogP contribution in [0.1, 0.15) is 39.3 Å². The van der Waals surface area contributed by atoms with Gasteiger partial charge in [-0.25, -0.2) is 0 Å². The molecule has 0 aliphatic rings. The fraction of sp³-hybridized carbons (Fsp3) is 0.167. The summed E-state index contributed by atoms with van der Waals surface area (Å²) in [6.45, 7) is 8.10. The lowest BCUT2D eigenvalue weighted by molar-refractivity contribution is 0.866. The Bertz CT molecular complexity index is 926. The lowest BCUT2D eigenvalue weighted by Crippen LogP contribution is -2.18. The van der Waals surface area contributed by atoms with Crippen molar-refractivity contribution in [2.75, 3.05) is 0 Å². The fourth-order valence-corrected chi connectivity index (χ4v) is 3.43. The molecule has 1 heterocycles. The van der Waals surface area contributed by atoms with Gasteiger partial charge in [0.2, 0.25) is 0 Å². The average Bonchev–Trinajstić information content (AvgIpc) is 2.66. The maximum absolute atomic E-state index is 9.07. The van der Waals surface area contributed by atoms with Crippen LogP contribution in [-0.2, 0) is 6.42 Å². The highest BCUT2D eigenvalue weighted by atomic mass is 14.6. The minimum Gasteiger partial charge on any atom is -0.304 e. The molecule has 26 heavy (non-hydrogen) atoms. The van der Waals surface area contributed by atoms with Crippen molar-refractivity contribution in [2.24, 2.45) is 0 Å². The van der Waals surface area contributed by atoms with Crippen LogP contribution in [0.25, 0.3) is 6.08 Å². The Morgan fingerprint density at radius 1 is 1.08 bits per heavy atom. The van der Waals surface area contributed by atoms with E-state index in [1.807, 2.05) is 42.7 Å². The molecule has 0 amide bonds. The molecule has 0 fully saturated rings. The van der Waals surface area contributed by atoms with Gasteiger partial charge in [-0.15, -0.1) is 0 Å². The Kier molecular flexibility index (Phi) is 5.43.